The van der Waals surface area contributed by atoms with Crippen LogP contribution in [0.3, 0.4) is 0 Å². The smallest absolute Gasteiger partial charge is 0.312 e. The van der Waals surface area contributed by atoms with E-state index >= 15 is 0 Å². The van der Waals surface area contributed by atoms with Crippen LogP contribution in [0.25, 0.3) is 0 Å². The van der Waals surface area contributed by atoms with E-state index in [1.807, 2.05) is 19.9 Å². The molecule has 0 radical (unpaired) electrons. The summed E-state index contributed by atoms with van der Waals surface area (Å²) in [6.07, 6.45) is 3.07. The molecular formula is C13H18O4. The fourth-order valence-electron chi connectivity index (χ4n) is 1.90. The number of esters is 1. The molecule has 1 aromatic rings. The molecule has 1 aliphatic heterocycles. The molecule has 4 nitrogen and oxygen atoms in total. The molecule has 0 aromatic carbocycles. The molecule has 1 aliphatic rings. The molecule has 17 heavy (non-hydrogen) atoms. The molecule has 0 bridgehead atoms. The number of carbonyl (C=O) groups is 1. The van der Waals surface area contributed by atoms with Crippen molar-refractivity contribution in [2.75, 3.05) is 13.2 Å². The first-order valence-electron chi connectivity index (χ1n) is 5.90. The summed E-state index contributed by atoms with van der Waals surface area (Å²) in [5.74, 6) is 0.663. The van der Waals surface area contributed by atoms with Crippen LogP contribution in [0.5, 0.6) is 0 Å². The predicted octanol–water partition coefficient (Wildman–Crippen LogP) is 2.45. The van der Waals surface area contributed by atoms with Gasteiger partial charge in [-0.2, -0.15) is 0 Å². The average Bonchev–Trinajstić information content (AvgIpc) is 2.73. The van der Waals surface area contributed by atoms with Crippen molar-refractivity contribution in [1.82, 2.24) is 0 Å². The molecule has 1 fully saturated rings. The van der Waals surface area contributed by atoms with E-state index in [0.29, 0.717) is 13.2 Å². The highest BCUT2D eigenvalue weighted by Crippen LogP contribution is 2.31. The first-order chi connectivity index (χ1) is 8.12. The van der Waals surface area contributed by atoms with Crippen molar-refractivity contribution in [2.24, 2.45) is 5.41 Å². The molecule has 0 atom stereocenters. The molecule has 94 valence electrons. The molecule has 4 heteroatoms. The minimum absolute atomic E-state index is 0.138. The fraction of sp³-hybridized carbons (Fsp3) is 0.615. The van der Waals surface area contributed by atoms with Gasteiger partial charge in [-0.15, -0.1) is 0 Å². The van der Waals surface area contributed by atoms with Gasteiger partial charge < -0.3 is 13.9 Å². The summed E-state index contributed by atoms with van der Waals surface area (Å²) < 4.78 is 15.8. The van der Waals surface area contributed by atoms with Crippen molar-refractivity contribution in [3.05, 3.63) is 23.7 Å². The molecule has 2 heterocycles. The van der Waals surface area contributed by atoms with Crippen LogP contribution in [0, 0.1) is 12.3 Å². The number of furan rings is 1. The largest absolute Gasteiger partial charge is 0.469 e. The first-order valence-corrected chi connectivity index (χ1v) is 5.90. The van der Waals surface area contributed by atoms with Gasteiger partial charge in [-0.25, -0.2) is 0 Å². The zero-order chi connectivity index (χ0) is 12.3. The molecule has 0 spiro atoms. The number of rotatable bonds is 3. The Hall–Kier alpha value is -1.29. The minimum atomic E-state index is -0.393. The van der Waals surface area contributed by atoms with Gasteiger partial charge in [0.25, 0.3) is 0 Å². The molecule has 1 saturated heterocycles. The molecule has 0 unspecified atom stereocenters. The molecule has 2 rings (SSSR count). The number of aryl methyl sites for hydroxylation is 1. The van der Waals surface area contributed by atoms with Crippen LogP contribution in [0.15, 0.2) is 16.7 Å². The molecule has 0 aliphatic carbocycles. The maximum absolute atomic E-state index is 12.0. The monoisotopic (exact) mass is 238 g/mol. The maximum Gasteiger partial charge on any atom is 0.312 e. The molecule has 0 N–H and O–H groups in total. The van der Waals surface area contributed by atoms with Crippen molar-refractivity contribution >= 4 is 5.97 Å². The summed E-state index contributed by atoms with van der Waals surface area (Å²) >= 11 is 0. The zero-order valence-corrected chi connectivity index (χ0v) is 10.3. The second kappa shape index (κ2) is 4.92. The maximum atomic E-state index is 12.0. The highest BCUT2D eigenvalue weighted by molar-refractivity contribution is 5.76. The lowest BCUT2D eigenvalue weighted by molar-refractivity contribution is -0.161. The van der Waals surface area contributed by atoms with Gasteiger partial charge in [-0.05, 0) is 32.8 Å². The van der Waals surface area contributed by atoms with E-state index < -0.39 is 5.41 Å². The van der Waals surface area contributed by atoms with Gasteiger partial charge in [0, 0.05) is 18.8 Å². The summed E-state index contributed by atoms with van der Waals surface area (Å²) in [6, 6.07) is 1.83. The van der Waals surface area contributed by atoms with Crippen LogP contribution in [-0.2, 0) is 20.9 Å². The third-order valence-electron chi connectivity index (χ3n) is 3.41. The van der Waals surface area contributed by atoms with Gasteiger partial charge in [0.05, 0.1) is 11.7 Å². The van der Waals surface area contributed by atoms with Crippen LogP contribution in [0.1, 0.15) is 31.1 Å². The van der Waals surface area contributed by atoms with Gasteiger partial charge in [0.15, 0.2) is 0 Å². The number of carbonyl (C=O) groups excluding carboxylic acids is 1. The summed E-state index contributed by atoms with van der Waals surface area (Å²) in [4.78, 5) is 12.0. The molecule has 1 aromatic heterocycles. The highest BCUT2D eigenvalue weighted by Gasteiger charge is 2.36. The van der Waals surface area contributed by atoms with Gasteiger partial charge >= 0.3 is 5.97 Å². The lowest BCUT2D eigenvalue weighted by Crippen LogP contribution is -2.35. The van der Waals surface area contributed by atoms with E-state index in [2.05, 4.69) is 0 Å². The van der Waals surface area contributed by atoms with Crippen LogP contribution in [0.2, 0.25) is 0 Å². The predicted molar refractivity (Wildman–Crippen MR) is 61.4 cm³/mol. The Morgan fingerprint density at radius 3 is 2.76 bits per heavy atom. The lowest BCUT2D eigenvalue weighted by Gasteiger charge is -2.30. The van der Waals surface area contributed by atoms with Crippen molar-refractivity contribution in [3.8, 4) is 0 Å². The number of hydrogen-bond donors (Lipinski definition) is 0. The Bertz CT molecular complexity index is 388. The third-order valence-corrected chi connectivity index (χ3v) is 3.41. The average molecular weight is 238 g/mol. The van der Waals surface area contributed by atoms with Crippen molar-refractivity contribution in [1.29, 1.82) is 0 Å². The topological polar surface area (TPSA) is 48.7 Å². The van der Waals surface area contributed by atoms with Crippen molar-refractivity contribution in [2.45, 2.75) is 33.3 Å². The third kappa shape index (κ3) is 2.69. The van der Waals surface area contributed by atoms with Gasteiger partial charge in [-0.1, -0.05) is 0 Å². The molecular weight excluding hydrogens is 220 g/mol. The normalized spacial score (nSPS) is 18.9. The summed E-state index contributed by atoms with van der Waals surface area (Å²) in [5, 5.41) is 0. The summed E-state index contributed by atoms with van der Waals surface area (Å²) in [6.45, 7) is 5.36. The Morgan fingerprint density at radius 2 is 2.18 bits per heavy atom. The van der Waals surface area contributed by atoms with E-state index in [9.17, 15) is 4.79 Å². The second-order valence-corrected chi connectivity index (χ2v) is 4.75. The van der Waals surface area contributed by atoms with Crippen LogP contribution >= 0.6 is 0 Å². The Balaban J connectivity index is 1.91. The number of hydrogen-bond acceptors (Lipinski definition) is 4. The molecule has 0 saturated carbocycles. The van der Waals surface area contributed by atoms with E-state index in [1.165, 1.54) is 0 Å². The SMILES string of the molecule is Cc1occc1COC(=O)C1(C)CCOCC1. The fourth-order valence-corrected chi connectivity index (χ4v) is 1.90. The Labute approximate surface area is 101 Å². The van der Waals surface area contributed by atoms with E-state index in [-0.39, 0.29) is 12.6 Å². The zero-order valence-electron chi connectivity index (χ0n) is 10.3. The summed E-state index contributed by atoms with van der Waals surface area (Å²) in [7, 11) is 0. The van der Waals surface area contributed by atoms with Crippen molar-refractivity contribution in [3.63, 3.8) is 0 Å². The van der Waals surface area contributed by atoms with E-state index in [4.69, 9.17) is 13.9 Å². The molecule has 0 amide bonds. The lowest BCUT2D eigenvalue weighted by atomic mass is 9.82. The van der Waals surface area contributed by atoms with Gasteiger partial charge in [-0.3, -0.25) is 4.79 Å². The number of ether oxygens (including phenoxy) is 2. The van der Waals surface area contributed by atoms with Gasteiger partial charge in [0.1, 0.15) is 12.4 Å². The van der Waals surface area contributed by atoms with Crippen LogP contribution < -0.4 is 0 Å². The van der Waals surface area contributed by atoms with Crippen LogP contribution in [0.4, 0.5) is 0 Å². The van der Waals surface area contributed by atoms with Gasteiger partial charge in [0.2, 0.25) is 0 Å². The highest BCUT2D eigenvalue weighted by atomic mass is 16.5. The second-order valence-electron chi connectivity index (χ2n) is 4.75. The van der Waals surface area contributed by atoms with Crippen molar-refractivity contribution < 1.29 is 18.7 Å². The first kappa shape index (κ1) is 12.2. The van der Waals surface area contributed by atoms with E-state index in [1.54, 1.807) is 6.26 Å². The Kier molecular flexibility index (Phi) is 3.52. The minimum Gasteiger partial charge on any atom is -0.469 e. The standard InChI is InChI=1S/C13H18O4/c1-10-11(3-6-16-10)9-17-12(14)13(2)4-7-15-8-5-13/h3,6H,4-5,7-9H2,1-2H3. The quantitative estimate of drug-likeness (QED) is 0.759. The van der Waals surface area contributed by atoms with E-state index in [0.717, 1.165) is 24.2 Å². The Morgan fingerprint density at radius 1 is 1.47 bits per heavy atom. The summed E-state index contributed by atoms with van der Waals surface area (Å²) in [5.41, 5.74) is 0.532. The van der Waals surface area contributed by atoms with Crippen LogP contribution in [-0.4, -0.2) is 19.2 Å².